The lowest BCUT2D eigenvalue weighted by Crippen LogP contribution is -2.36. The van der Waals surface area contributed by atoms with Crippen molar-refractivity contribution in [1.29, 1.82) is 0 Å². The molecule has 0 radical (unpaired) electrons. The van der Waals surface area contributed by atoms with Gasteiger partial charge in [-0.2, -0.15) is 0 Å². The van der Waals surface area contributed by atoms with Crippen molar-refractivity contribution < 1.29 is 29.4 Å². The first-order valence-corrected chi connectivity index (χ1v) is 9.50. The van der Waals surface area contributed by atoms with Crippen LogP contribution in [-0.4, -0.2) is 44.7 Å². The van der Waals surface area contributed by atoms with Crippen molar-refractivity contribution in [2.24, 2.45) is 0 Å². The zero-order valence-electron chi connectivity index (χ0n) is 15.4. The number of nitrogens with zero attached hydrogens (tertiary/aromatic N) is 1. The van der Waals surface area contributed by atoms with Gasteiger partial charge in [0.1, 0.15) is 17.9 Å². The molecule has 1 aliphatic rings. The number of aromatic hydroxyl groups is 1. The van der Waals surface area contributed by atoms with Gasteiger partial charge in [-0.3, -0.25) is 19.3 Å². The van der Waals surface area contributed by atoms with Crippen molar-refractivity contribution in [3.05, 3.63) is 76.7 Å². The molecule has 0 saturated carbocycles. The Balaban J connectivity index is 1.64. The highest BCUT2D eigenvalue weighted by molar-refractivity contribution is 8.18. The number of carbonyl (C=O) groups is 4. The van der Waals surface area contributed by atoms with E-state index < -0.39 is 35.3 Å². The molecule has 0 unspecified atom stereocenters. The van der Waals surface area contributed by atoms with Gasteiger partial charge in [0.15, 0.2) is 0 Å². The lowest BCUT2D eigenvalue weighted by molar-refractivity contribution is -0.127. The summed E-state index contributed by atoms with van der Waals surface area (Å²) in [6.45, 7) is -0.520. The maximum Gasteiger partial charge on any atom is 0.339 e. The molecule has 0 atom stereocenters. The smallest absolute Gasteiger partial charge is 0.339 e. The van der Waals surface area contributed by atoms with Crippen LogP contribution in [-0.2, 0) is 9.59 Å². The predicted octanol–water partition coefficient (Wildman–Crippen LogP) is 3.32. The molecule has 1 aliphatic heterocycles. The van der Waals surface area contributed by atoms with Gasteiger partial charge >= 0.3 is 5.97 Å². The lowest BCUT2D eigenvalue weighted by atomic mass is 10.2. The number of thioether (sulfide) groups is 1. The van der Waals surface area contributed by atoms with Gasteiger partial charge in [0.05, 0.1) is 4.91 Å². The highest BCUT2D eigenvalue weighted by Crippen LogP contribution is 2.30. The minimum atomic E-state index is -1.36. The van der Waals surface area contributed by atoms with Crippen molar-refractivity contribution in [1.82, 2.24) is 4.90 Å². The first kappa shape index (κ1) is 20.9. The molecular formula is C21H16N2O6S. The Morgan fingerprint density at radius 3 is 2.53 bits per heavy atom. The summed E-state index contributed by atoms with van der Waals surface area (Å²) in [5.74, 6) is -3.07. The third-order valence-corrected chi connectivity index (χ3v) is 4.95. The number of phenols is 1. The molecular weight excluding hydrogens is 408 g/mol. The van der Waals surface area contributed by atoms with E-state index in [-0.39, 0.29) is 16.2 Å². The van der Waals surface area contributed by atoms with Gasteiger partial charge in [0.2, 0.25) is 5.91 Å². The fourth-order valence-corrected chi connectivity index (χ4v) is 3.38. The topological polar surface area (TPSA) is 124 Å². The molecule has 0 bridgehead atoms. The number of amides is 3. The summed E-state index contributed by atoms with van der Waals surface area (Å²) in [4.78, 5) is 48.8. The number of carboxylic acids is 1. The Labute approximate surface area is 175 Å². The Morgan fingerprint density at radius 2 is 1.83 bits per heavy atom. The molecule has 1 heterocycles. The van der Waals surface area contributed by atoms with Gasteiger partial charge in [0, 0.05) is 5.69 Å². The monoisotopic (exact) mass is 424 g/mol. The highest BCUT2D eigenvalue weighted by atomic mass is 32.2. The van der Waals surface area contributed by atoms with Crippen molar-refractivity contribution >= 4 is 46.5 Å². The lowest BCUT2D eigenvalue weighted by Gasteiger charge is -2.13. The number of hydrogen-bond donors (Lipinski definition) is 3. The van der Waals surface area contributed by atoms with Gasteiger partial charge in [-0.15, -0.1) is 0 Å². The number of imide groups is 1. The van der Waals surface area contributed by atoms with E-state index in [9.17, 15) is 24.3 Å². The Morgan fingerprint density at radius 1 is 1.10 bits per heavy atom. The number of aromatic carboxylic acids is 1. The minimum absolute atomic E-state index is 0.114. The van der Waals surface area contributed by atoms with Gasteiger partial charge in [-0.25, -0.2) is 4.79 Å². The number of carboxylic acid groups (broad SMARTS) is 1. The number of nitrogens with one attached hydrogen (secondary N) is 1. The Kier molecular flexibility index (Phi) is 6.33. The van der Waals surface area contributed by atoms with Crippen LogP contribution in [0.25, 0.3) is 6.08 Å². The quantitative estimate of drug-likeness (QED) is 0.480. The molecule has 8 nitrogen and oxygen atoms in total. The van der Waals surface area contributed by atoms with Crippen LogP contribution in [0.5, 0.6) is 5.75 Å². The van der Waals surface area contributed by atoms with Gasteiger partial charge in [0.25, 0.3) is 11.1 Å². The second kappa shape index (κ2) is 9.10. The fraction of sp³-hybridized carbons (Fsp3) is 0.0476. The van der Waals surface area contributed by atoms with Gasteiger partial charge in [-0.1, -0.05) is 42.5 Å². The van der Waals surface area contributed by atoms with E-state index in [0.717, 1.165) is 34.4 Å². The first-order valence-electron chi connectivity index (χ1n) is 8.68. The Bertz CT molecular complexity index is 1080. The van der Waals surface area contributed by atoms with E-state index in [1.165, 1.54) is 12.1 Å². The van der Waals surface area contributed by atoms with Crippen LogP contribution in [0, 0.1) is 0 Å². The van der Waals surface area contributed by atoms with Crippen LogP contribution in [0.3, 0.4) is 0 Å². The van der Waals surface area contributed by atoms with Crippen LogP contribution < -0.4 is 5.32 Å². The van der Waals surface area contributed by atoms with Crippen LogP contribution in [0.4, 0.5) is 10.5 Å². The minimum Gasteiger partial charge on any atom is -0.507 e. The highest BCUT2D eigenvalue weighted by Gasteiger charge is 2.36. The molecule has 3 N–H and O–H groups in total. The van der Waals surface area contributed by atoms with Crippen LogP contribution >= 0.6 is 11.8 Å². The van der Waals surface area contributed by atoms with E-state index in [2.05, 4.69) is 5.32 Å². The normalized spacial score (nSPS) is 15.2. The zero-order chi connectivity index (χ0) is 21.7. The molecule has 2 aromatic rings. The average molecular weight is 424 g/mol. The summed E-state index contributed by atoms with van der Waals surface area (Å²) in [6.07, 6.45) is 4.94. The second-order valence-electron chi connectivity index (χ2n) is 6.15. The molecule has 1 saturated heterocycles. The molecule has 0 aliphatic carbocycles. The maximum atomic E-state index is 12.4. The van der Waals surface area contributed by atoms with Crippen molar-refractivity contribution in [2.75, 3.05) is 11.9 Å². The van der Waals surface area contributed by atoms with E-state index >= 15 is 0 Å². The molecule has 30 heavy (non-hydrogen) atoms. The number of rotatable bonds is 6. The molecule has 9 heteroatoms. The van der Waals surface area contributed by atoms with Gasteiger partial charge < -0.3 is 15.5 Å². The SMILES string of the molecule is O=C(CN1C(=O)S/C(=C\C=C\c2ccccc2)C1=O)Nc1ccc(O)c(C(=O)O)c1. The number of benzene rings is 2. The van der Waals surface area contributed by atoms with Crippen molar-refractivity contribution in [3.63, 3.8) is 0 Å². The van der Waals surface area contributed by atoms with Crippen molar-refractivity contribution in [3.8, 4) is 5.75 Å². The summed E-state index contributed by atoms with van der Waals surface area (Å²) in [5, 5.41) is 20.3. The number of hydrogen-bond acceptors (Lipinski definition) is 6. The van der Waals surface area contributed by atoms with Crippen LogP contribution in [0.15, 0.2) is 65.6 Å². The Hall–Kier alpha value is -3.85. The van der Waals surface area contributed by atoms with E-state index in [1.807, 2.05) is 30.3 Å². The van der Waals surface area contributed by atoms with E-state index in [1.54, 1.807) is 12.2 Å². The standard InChI is InChI=1S/C21H16N2O6S/c24-16-10-9-14(11-15(16)20(27)28)22-18(25)12-23-19(26)17(30-21(23)29)8-4-7-13-5-2-1-3-6-13/h1-11,24H,12H2,(H,22,25)(H,27,28)/b7-4+,17-8-. The van der Waals surface area contributed by atoms with Gasteiger partial charge in [-0.05, 0) is 41.6 Å². The summed E-state index contributed by atoms with van der Waals surface area (Å²) in [7, 11) is 0. The van der Waals surface area contributed by atoms with Crippen molar-refractivity contribution in [2.45, 2.75) is 0 Å². The van der Waals surface area contributed by atoms with Crippen LogP contribution in [0.1, 0.15) is 15.9 Å². The third kappa shape index (κ3) is 4.95. The number of allylic oxidation sites excluding steroid dienone is 2. The number of anilines is 1. The van der Waals surface area contributed by atoms with E-state index in [4.69, 9.17) is 5.11 Å². The number of carbonyl (C=O) groups excluding carboxylic acids is 3. The van der Waals surface area contributed by atoms with E-state index in [0.29, 0.717) is 0 Å². The maximum absolute atomic E-state index is 12.4. The summed E-state index contributed by atoms with van der Waals surface area (Å²) < 4.78 is 0. The fourth-order valence-electron chi connectivity index (χ4n) is 2.59. The molecule has 1 fully saturated rings. The molecule has 152 valence electrons. The molecule has 3 rings (SSSR count). The largest absolute Gasteiger partial charge is 0.507 e. The average Bonchev–Trinajstić information content (AvgIpc) is 2.97. The summed E-state index contributed by atoms with van der Waals surface area (Å²) >= 11 is 0.730. The molecule has 2 aromatic carbocycles. The second-order valence-corrected chi connectivity index (χ2v) is 7.14. The molecule has 0 aromatic heterocycles. The summed E-state index contributed by atoms with van der Waals surface area (Å²) in [5.41, 5.74) is 0.664. The summed E-state index contributed by atoms with van der Waals surface area (Å²) in [6, 6.07) is 12.9. The first-order chi connectivity index (χ1) is 14.3. The van der Waals surface area contributed by atoms with Crippen LogP contribution in [0.2, 0.25) is 0 Å². The molecule has 0 spiro atoms. The predicted molar refractivity (Wildman–Crippen MR) is 112 cm³/mol. The zero-order valence-corrected chi connectivity index (χ0v) is 16.3. The third-order valence-electron chi connectivity index (χ3n) is 4.02. The molecule has 3 amide bonds.